The van der Waals surface area contributed by atoms with E-state index in [0.29, 0.717) is 34.7 Å². The standard InChI is InChI=1S/C24H22BrCl2NO4/c1-3-31-22-9-17(12-28-21-8-15(24(29)30)5-4-14(21)2)19(25)11-23(22)32-13-16-6-7-18(26)10-20(16)27/h4-11,28H,3,12-13H2,1-2H3,(H,29,30). The average molecular weight is 539 g/mol. The monoisotopic (exact) mass is 537 g/mol. The number of anilines is 1. The molecular weight excluding hydrogens is 517 g/mol. The van der Waals surface area contributed by atoms with Crippen LogP contribution in [0.5, 0.6) is 11.5 Å². The van der Waals surface area contributed by atoms with Crippen LogP contribution in [0.25, 0.3) is 0 Å². The van der Waals surface area contributed by atoms with Gasteiger partial charge in [-0.2, -0.15) is 0 Å². The lowest BCUT2D eigenvalue weighted by Gasteiger charge is -2.17. The van der Waals surface area contributed by atoms with Gasteiger partial charge < -0.3 is 19.9 Å². The first-order valence-electron chi connectivity index (χ1n) is 9.88. The Morgan fingerprint density at radius 2 is 1.78 bits per heavy atom. The highest BCUT2D eigenvalue weighted by Crippen LogP contribution is 2.35. The van der Waals surface area contributed by atoms with Gasteiger partial charge in [0.25, 0.3) is 0 Å². The first-order valence-corrected chi connectivity index (χ1v) is 11.4. The van der Waals surface area contributed by atoms with Gasteiger partial charge in [-0.05, 0) is 61.4 Å². The molecule has 0 aromatic heterocycles. The van der Waals surface area contributed by atoms with Gasteiger partial charge in [-0.15, -0.1) is 0 Å². The predicted molar refractivity (Wildman–Crippen MR) is 132 cm³/mol. The molecule has 3 aromatic carbocycles. The van der Waals surface area contributed by atoms with Crippen molar-refractivity contribution in [2.45, 2.75) is 27.0 Å². The van der Waals surface area contributed by atoms with Crippen molar-refractivity contribution in [2.24, 2.45) is 0 Å². The molecule has 0 amide bonds. The summed E-state index contributed by atoms with van der Waals surface area (Å²) >= 11 is 15.8. The Morgan fingerprint density at radius 1 is 1.03 bits per heavy atom. The quantitative estimate of drug-likeness (QED) is 0.298. The largest absolute Gasteiger partial charge is 0.490 e. The molecule has 0 heterocycles. The molecule has 3 aromatic rings. The topological polar surface area (TPSA) is 67.8 Å². The van der Waals surface area contributed by atoms with E-state index in [1.807, 2.05) is 32.0 Å². The van der Waals surface area contributed by atoms with Gasteiger partial charge in [-0.3, -0.25) is 0 Å². The number of halogens is 3. The van der Waals surface area contributed by atoms with Gasteiger partial charge in [0.2, 0.25) is 0 Å². The highest BCUT2D eigenvalue weighted by atomic mass is 79.9. The number of ether oxygens (including phenoxy) is 2. The van der Waals surface area contributed by atoms with Crippen molar-refractivity contribution in [3.63, 3.8) is 0 Å². The Bertz CT molecular complexity index is 1140. The van der Waals surface area contributed by atoms with Gasteiger partial charge in [0.15, 0.2) is 11.5 Å². The summed E-state index contributed by atoms with van der Waals surface area (Å²) in [5, 5.41) is 13.6. The van der Waals surface area contributed by atoms with E-state index in [0.717, 1.165) is 26.9 Å². The van der Waals surface area contributed by atoms with Crippen LogP contribution >= 0.6 is 39.1 Å². The van der Waals surface area contributed by atoms with Crippen molar-refractivity contribution in [3.8, 4) is 11.5 Å². The maximum atomic E-state index is 11.3. The summed E-state index contributed by atoms with van der Waals surface area (Å²) < 4.78 is 12.6. The Morgan fingerprint density at radius 3 is 2.47 bits per heavy atom. The molecule has 2 N–H and O–H groups in total. The van der Waals surface area contributed by atoms with E-state index >= 15 is 0 Å². The molecule has 0 aliphatic heterocycles. The van der Waals surface area contributed by atoms with E-state index in [-0.39, 0.29) is 12.2 Å². The van der Waals surface area contributed by atoms with Crippen molar-refractivity contribution >= 4 is 50.8 Å². The van der Waals surface area contributed by atoms with E-state index in [2.05, 4.69) is 21.2 Å². The van der Waals surface area contributed by atoms with Crippen LogP contribution in [0.2, 0.25) is 10.0 Å². The maximum Gasteiger partial charge on any atom is 0.335 e. The van der Waals surface area contributed by atoms with Crippen molar-refractivity contribution < 1.29 is 19.4 Å². The van der Waals surface area contributed by atoms with Crippen LogP contribution in [0.4, 0.5) is 5.69 Å². The Labute approximate surface area is 205 Å². The number of hydrogen-bond acceptors (Lipinski definition) is 4. The highest BCUT2D eigenvalue weighted by Gasteiger charge is 2.13. The number of hydrogen-bond donors (Lipinski definition) is 2. The normalized spacial score (nSPS) is 10.7. The third-order valence-corrected chi connectivity index (χ3v) is 6.09. The van der Waals surface area contributed by atoms with E-state index in [1.165, 1.54) is 0 Å². The summed E-state index contributed by atoms with van der Waals surface area (Å²) in [5.41, 5.74) is 3.69. The summed E-state index contributed by atoms with van der Waals surface area (Å²) in [7, 11) is 0. The summed E-state index contributed by atoms with van der Waals surface area (Å²) in [4.78, 5) is 11.3. The molecule has 5 nitrogen and oxygen atoms in total. The minimum absolute atomic E-state index is 0.233. The lowest BCUT2D eigenvalue weighted by molar-refractivity contribution is 0.0697. The van der Waals surface area contributed by atoms with Crippen LogP contribution in [0.1, 0.15) is 34.0 Å². The van der Waals surface area contributed by atoms with Gasteiger partial charge in [-0.25, -0.2) is 4.79 Å². The fraction of sp³-hybridized carbons (Fsp3) is 0.208. The highest BCUT2D eigenvalue weighted by molar-refractivity contribution is 9.10. The number of rotatable bonds is 9. The van der Waals surface area contributed by atoms with Gasteiger partial charge in [-0.1, -0.05) is 51.3 Å². The Balaban J connectivity index is 1.79. The second-order valence-corrected chi connectivity index (χ2v) is 8.73. The third kappa shape index (κ3) is 6.09. The second kappa shape index (κ2) is 10.9. The molecule has 0 atom stereocenters. The molecule has 0 bridgehead atoms. The van der Waals surface area contributed by atoms with Gasteiger partial charge >= 0.3 is 5.97 Å². The fourth-order valence-electron chi connectivity index (χ4n) is 3.02. The summed E-state index contributed by atoms with van der Waals surface area (Å²) in [6.45, 7) is 5.04. The van der Waals surface area contributed by atoms with Crippen LogP contribution in [0.3, 0.4) is 0 Å². The summed E-state index contributed by atoms with van der Waals surface area (Å²) in [5.74, 6) is 0.223. The van der Waals surface area contributed by atoms with E-state index < -0.39 is 5.97 Å². The maximum absolute atomic E-state index is 11.3. The molecule has 0 saturated heterocycles. The molecular formula is C24H22BrCl2NO4. The number of carboxylic acid groups (broad SMARTS) is 1. The Kier molecular flexibility index (Phi) is 8.29. The van der Waals surface area contributed by atoms with E-state index in [9.17, 15) is 9.90 Å². The number of carbonyl (C=O) groups is 1. The molecule has 0 aliphatic carbocycles. The molecule has 32 heavy (non-hydrogen) atoms. The first kappa shape index (κ1) is 24.2. The summed E-state index contributed by atoms with van der Waals surface area (Å²) in [6.07, 6.45) is 0. The van der Waals surface area contributed by atoms with Gasteiger partial charge in [0, 0.05) is 32.3 Å². The van der Waals surface area contributed by atoms with Crippen LogP contribution in [-0.4, -0.2) is 17.7 Å². The molecule has 3 rings (SSSR count). The summed E-state index contributed by atoms with van der Waals surface area (Å²) in [6, 6.07) is 14.0. The number of aromatic carboxylic acids is 1. The number of benzene rings is 3. The number of carboxylic acids is 1. The van der Waals surface area contributed by atoms with Crippen molar-refractivity contribution in [1.29, 1.82) is 0 Å². The third-order valence-electron chi connectivity index (χ3n) is 4.76. The predicted octanol–water partition coefficient (Wildman–Crippen LogP) is 7.35. The second-order valence-electron chi connectivity index (χ2n) is 7.04. The average Bonchev–Trinajstić information content (AvgIpc) is 2.74. The molecule has 168 valence electrons. The SMILES string of the molecule is CCOc1cc(CNc2cc(C(=O)O)ccc2C)c(Br)cc1OCc1ccc(Cl)cc1Cl. The zero-order chi connectivity index (χ0) is 23.3. The zero-order valence-electron chi connectivity index (χ0n) is 17.5. The van der Waals surface area contributed by atoms with Crippen LogP contribution in [-0.2, 0) is 13.2 Å². The molecule has 0 spiro atoms. The lowest BCUT2D eigenvalue weighted by Crippen LogP contribution is -2.06. The van der Waals surface area contributed by atoms with E-state index in [1.54, 1.807) is 30.3 Å². The first-order chi connectivity index (χ1) is 15.3. The minimum atomic E-state index is -0.963. The number of nitrogens with one attached hydrogen (secondary N) is 1. The van der Waals surface area contributed by atoms with Gasteiger partial charge in [0.05, 0.1) is 12.2 Å². The smallest absolute Gasteiger partial charge is 0.335 e. The van der Waals surface area contributed by atoms with Crippen LogP contribution < -0.4 is 14.8 Å². The van der Waals surface area contributed by atoms with Gasteiger partial charge in [0.1, 0.15) is 6.61 Å². The van der Waals surface area contributed by atoms with Crippen LogP contribution in [0, 0.1) is 6.92 Å². The van der Waals surface area contributed by atoms with Crippen molar-refractivity contribution in [2.75, 3.05) is 11.9 Å². The Hall–Kier alpha value is -2.41. The lowest BCUT2D eigenvalue weighted by atomic mass is 10.1. The molecule has 8 heteroatoms. The molecule has 0 fully saturated rings. The minimum Gasteiger partial charge on any atom is -0.490 e. The molecule has 0 unspecified atom stereocenters. The van der Waals surface area contributed by atoms with Crippen molar-refractivity contribution in [3.05, 3.63) is 85.3 Å². The van der Waals surface area contributed by atoms with Crippen molar-refractivity contribution in [1.82, 2.24) is 0 Å². The molecule has 0 aliphatic rings. The van der Waals surface area contributed by atoms with E-state index in [4.69, 9.17) is 32.7 Å². The zero-order valence-corrected chi connectivity index (χ0v) is 20.6. The molecule has 0 saturated carbocycles. The van der Waals surface area contributed by atoms with Crippen LogP contribution in [0.15, 0.2) is 53.0 Å². The fourth-order valence-corrected chi connectivity index (χ4v) is 3.95. The number of aryl methyl sites for hydroxylation is 1. The molecule has 0 radical (unpaired) electrons.